The third-order valence-corrected chi connectivity index (χ3v) is 3.42. The van der Waals surface area contributed by atoms with E-state index in [9.17, 15) is 18.0 Å². The van der Waals surface area contributed by atoms with Crippen LogP contribution in [0.5, 0.6) is 0 Å². The zero-order valence-corrected chi connectivity index (χ0v) is 13.1. The lowest BCUT2D eigenvalue weighted by atomic mass is 10.1. The fourth-order valence-electron chi connectivity index (χ4n) is 1.94. The number of alkyl halides is 3. The molecule has 0 radical (unpaired) electrons. The van der Waals surface area contributed by atoms with Crippen LogP contribution in [0.3, 0.4) is 0 Å². The second-order valence-corrected chi connectivity index (χ2v) is 5.15. The number of aromatic nitrogens is 2. The van der Waals surface area contributed by atoms with E-state index in [0.717, 1.165) is 18.2 Å². The topological polar surface area (TPSA) is 59.2 Å². The number of aryl methyl sites for hydroxylation is 1. The predicted octanol–water partition coefficient (Wildman–Crippen LogP) is 3.71. The van der Waals surface area contributed by atoms with Crippen molar-refractivity contribution in [2.45, 2.75) is 26.6 Å². The molecule has 124 valence electrons. The Morgan fingerprint density at radius 2 is 2.09 bits per heavy atom. The van der Waals surface area contributed by atoms with Crippen molar-refractivity contribution in [1.29, 1.82) is 0 Å². The molecular weight excluding hydrogens is 335 g/mol. The van der Waals surface area contributed by atoms with E-state index in [4.69, 9.17) is 16.1 Å². The molecule has 23 heavy (non-hydrogen) atoms. The van der Waals surface area contributed by atoms with Crippen LogP contribution in [0, 0.1) is 6.92 Å². The summed E-state index contributed by atoms with van der Waals surface area (Å²) in [4.78, 5) is 17.7. The maximum absolute atomic E-state index is 12.8. The van der Waals surface area contributed by atoms with Crippen molar-refractivity contribution in [3.8, 4) is 0 Å². The predicted molar refractivity (Wildman–Crippen MR) is 75.9 cm³/mol. The van der Waals surface area contributed by atoms with Gasteiger partial charge in [0, 0.05) is 13.5 Å². The van der Waals surface area contributed by atoms with Crippen molar-refractivity contribution in [2.75, 3.05) is 6.54 Å². The average molecular weight is 348 g/mol. The fraction of sp³-hybridized carbons (Fsp3) is 0.357. The highest BCUT2D eigenvalue weighted by Crippen LogP contribution is 2.32. The Balaban J connectivity index is 2.30. The summed E-state index contributed by atoms with van der Waals surface area (Å²) < 4.78 is 43.2. The molecule has 0 fully saturated rings. The molecule has 0 saturated heterocycles. The quantitative estimate of drug-likeness (QED) is 0.846. The van der Waals surface area contributed by atoms with Crippen LogP contribution in [0.1, 0.15) is 34.6 Å². The lowest BCUT2D eigenvalue weighted by Crippen LogP contribution is -2.31. The molecule has 2 aromatic rings. The van der Waals surface area contributed by atoms with E-state index in [0.29, 0.717) is 5.89 Å². The number of hydrogen-bond donors (Lipinski definition) is 0. The number of halogens is 4. The summed E-state index contributed by atoms with van der Waals surface area (Å²) in [6.45, 7) is 3.54. The van der Waals surface area contributed by atoms with E-state index in [1.165, 1.54) is 4.90 Å². The second-order valence-electron chi connectivity index (χ2n) is 4.74. The Bertz CT molecular complexity index is 716. The lowest BCUT2D eigenvalue weighted by Gasteiger charge is -2.20. The smallest absolute Gasteiger partial charge is 0.340 e. The minimum absolute atomic E-state index is 0.0131. The van der Waals surface area contributed by atoms with Crippen LogP contribution in [-0.2, 0) is 12.7 Å². The Hall–Kier alpha value is -2.09. The third-order valence-electron chi connectivity index (χ3n) is 3.09. The largest absolute Gasteiger partial charge is 0.416 e. The highest BCUT2D eigenvalue weighted by atomic mass is 35.5. The van der Waals surface area contributed by atoms with Crippen LogP contribution in [0.2, 0.25) is 5.02 Å². The maximum atomic E-state index is 12.8. The van der Waals surface area contributed by atoms with E-state index >= 15 is 0 Å². The first kappa shape index (κ1) is 17.3. The summed E-state index contributed by atoms with van der Waals surface area (Å²) >= 11 is 5.88. The van der Waals surface area contributed by atoms with Gasteiger partial charge < -0.3 is 9.42 Å². The number of benzene rings is 1. The Kier molecular flexibility index (Phi) is 4.93. The summed E-state index contributed by atoms with van der Waals surface area (Å²) in [6, 6.07) is 2.64. The molecule has 0 atom stereocenters. The van der Waals surface area contributed by atoms with Gasteiger partial charge in [-0.05, 0) is 25.1 Å². The van der Waals surface area contributed by atoms with Gasteiger partial charge in [-0.1, -0.05) is 16.8 Å². The van der Waals surface area contributed by atoms with Crippen LogP contribution in [0.15, 0.2) is 22.7 Å². The van der Waals surface area contributed by atoms with Gasteiger partial charge in [-0.15, -0.1) is 0 Å². The molecule has 1 aromatic carbocycles. The number of rotatable bonds is 4. The molecule has 2 rings (SSSR count). The van der Waals surface area contributed by atoms with Gasteiger partial charge in [0.2, 0.25) is 5.89 Å². The average Bonchev–Trinajstić information content (AvgIpc) is 2.88. The molecule has 0 saturated carbocycles. The molecular formula is C14H13ClF3N3O2. The number of carbonyl (C=O) groups is 1. The normalized spacial score (nSPS) is 11.6. The molecule has 0 unspecified atom stereocenters. The van der Waals surface area contributed by atoms with Gasteiger partial charge in [0.15, 0.2) is 5.82 Å². The van der Waals surface area contributed by atoms with Gasteiger partial charge in [-0.3, -0.25) is 4.79 Å². The first-order valence-electron chi connectivity index (χ1n) is 6.67. The SMILES string of the molecule is CCN(Cc1noc(C)n1)C(=O)c1cc(C(F)(F)F)ccc1Cl. The van der Waals surface area contributed by atoms with E-state index in [-0.39, 0.29) is 29.5 Å². The van der Waals surface area contributed by atoms with E-state index in [1.807, 2.05) is 0 Å². The number of carbonyl (C=O) groups excluding carboxylic acids is 1. The highest BCUT2D eigenvalue weighted by molar-refractivity contribution is 6.33. The second kappa shape index (κ2) is 6.57. The minimum Gasteiger partial charge on any atom is -0.340 e. The molecule has 5 nitrogen and oxygen atoms in total. The van der Waals surface area contributed by atoms with Gasteiger partial charge in [0.05, 0.1) is 22.7 Å². The van der Waals surface area contributed by atoms with Gasteiger partial charge in [-0.2, -0.15) is 18.2 Å². The zero-order chi connectivity index (χ0) is 17.2. The summed E-state index contributed by atoms with van der Waals surface area (Å²) in [5.41, 5.74) is -1.15. The number of nitrogens with zero attached hydrogens (tertiary/aromatic N) is 3. The Morgan fingerprint density at radius 1 is 1.39 bits per heavy atom. The molecule has 0 aliphatic heterocycles. The molecule has 0 bridgehead atoms. The van der Waals surface area contributed by atoms with Crippen molar-refractivity contribution in [3.63, 3.8) is 0 Å². The van der Waals surface area contributed by atoms with Crippen molar-refractivity contribution >= 4 is 17.5 Å². The van der Waals surface area contributed by atoms with Crippen molar-refractivity contribution in [3.05, 3.63) is 46.1 Å². The van der Waals surface area contributed by atoms with Gasteiger partial charge in [0.1, 0.15) is 0 Å². The molecule has 1 heterocycles. The summed E-state index contributed by atoms with van der Waals surface area (Å²) in [5, 5.41) is 3.62. The van der Waals surface area contributed by atoms with Crippen molar-refractivity contribution in [2.24, 2.45) is 0 Å². The van der Waals surface area contributed by atoms with Crippen LogP contribution < -0.4 is 0 Å². The van der Waals surface area contributed by atoms with E-state index in [2.05, 4.69) is 10.1 Å². The van der Waals surface area contributed by atoms with Crippen LogP contribution in [0.4, 0.5) is 13.2 Å². The third kappa shape index (κ3) is 4.01. The summed E-state index contributed by atoms with van der Waals surface area (Å²) in [6.07, 6.45) is -4.55. The Labute approximate surface area is 135 Å². The summed E-state index contributed by atoms with van der Waals surface area (Å²) in [5.74, 6) is -0.0348. The lowest BCUT2D eigenvalue weighted by molar-refractivity contribution is -0.137. The van der Waals surface area contributed by atoms with E-state index < -0.39 is 17.6 Å². The standard InChI is InChI=1S/C14H13ClF3N3O2/c1-3-21(7-12-19-8(2)23-20-12)13(22)10-6-9(14(16,17)18)4-5-11(10)15/h4-6H,3,7H2,1-2H3. The molecule has 9 heteroatoms. The minimum atomic E-state index is -4.55. The van der Waals surface area contributed by atoms with Gasteiger partial charge in [0.25, 0.3) is 5.91 Å². The zero-order valence-electron chi connectivity index (χ0n) is 12.3. The Morgan fingerprint density at radius 3 is 2.61 bits per heavy atom. The highest BCUT2D eigenvalue weighted by Gasteiger charge is 2.32. The number of hydrogen-bond acceptors (Lipinski definition) is 4. The molecule has 1 aromatic heterocycles. The maximum Gasteiger partial charge on any atom is 0.416 e. The molecule has 1 amide bonds. The monoisotopic (exact) mass is 347 g/mol. The molecule has 0 spiro atoms. The number of amides is 1. The van der Waals surface area contributed by atoms with Gasteiger partial charge in [-0.25, -0.2) is 0 Å². The van der Waals surface area contributed by atoms with Crippen LogP contribution >= 0.6 is 11.6 Å². The van der Waals surface area contributed by atoms with Crippen LogP contribution in [-0.4, -0.2) is 27.5 Å². The molecule has 0 aliphatic carbocycles. The first-order chi connectivity index (χ1) is 10.7. The van der Waals surface area contributed by atoms with E-state index in [1.54, 1.807) is 13.8 Å². The van der Waals surface area contributed by atoms with Crippen molar-refractivity contribution < 1.29 is 22.5 Å². The summed E-state index contributed by atoms with van der Waals surface area (Å²) in [7, 11) is 0. The van der Waals surface area contributed by atoms with Gasteiger partial charge >= 0.3 is 6.18 Å². The van der Waals surface area contributed by atoms with Crippen LogP contribution in [0.25, 0.3) is 0 Å². The molecule has 0 N–H and O–H groups in total. The molecule has 0 aliphatic rings. The first-order valence-corrected chi connectivity index (χ1v) is 7.05. The van der Waals surface area contributed by atoms with Crippen molar-refractivity contribution in [1.82, 2.24) is 15.0 Å². The fourth-order valence-corrected chi connectivity index (χ4v) is 2.14.